The monoisotopic (exact) mass is 447 g/mol. The number of thiophene rings is 1. The maximum Gasteiger partial charge on any atom is 0.407 e. The Labute approximate surface area is 188 Å². The largest absolute Gasteiger partial charge is 0.464 e. The fraction of sp³-hybridized carbons (Fsp3) is 0.500. The van der Waals surface area contributed by atoms with E-state index in [0.29, 0.717) is 19.6 Å². The number of alkyl carbamates (subject to hydrolysis) is 1. The Morgan fingerprint density at radius 2 is 1.90 bits per heavy atom. The first-order chi connectivity index (χ1) is 14.6. The van der Waals surface area contributed by atoms with Gasteiger partial charge >= 0.3 is 12.1 Å². The van der Waals surface area contributed by atoms with Crippen molar-refractivity contribution >= 4 is 23.4 Å². The third kappa shape index (κ3) is 8.34. The van der Waals surface area contributed by atoms with Crippen LogP contribution in [-0.4, -0.2) is 36.5 Å². The summed E-state index contributed by atoms with van der Waals surface area (Å²) in [4.78, 5) is 25.6. The van der Waals surface area contributed by atoms with E-state index in [1.54, 1.807) is 18.3 Å². The van der Waals surface area contributed by atoms with Crippen LogP contribution < -0.4 is 5.32 Å². The molecule has 31 heavy (non-hydrogen) atoms. The molecule has 0 fully saturated rings. The van der Waals surface area contributed by atoms with Crippen LogP contribution in [0.1, 0.15) is 52.7 Å². The first kappa shape index (κ1) is 24.9. The van der Waals surface area contributed by atoms with Crippen molar-refractivity contribution in [3.63, 3.8) is 0 Å². The number of carbonyl (C=O) groups is 2. The van der Waals surface area contributed by atoms with Gasteiger partial charge in [0.1, 0.15) is 5.60 Å². The van der Waals surface area contributed by atoms with Crippen molar-refractivity contribution in [2.45, 2.75) is 72.3 Å². The Morgan fingerprint density at radius 1 is 1.16 bits per heavy atom. The molecule has 1 aromatic heterocycles. The summed E-state index contributed by atoms with van der Waals surface area (Å²) in [5.41, 5.74) is 2.34. The molecule has 6 nitrogen and oxygen atoms in total. The molecule has 1 N–H and O–H groups in total. The van der Waals surface area contributed by atoms with Crippen molar-refractivity contribution in [2.24, 2.45) is 0 Å². The van der Waals surface area contributed by atoms with Crippen molar-refractivity contribution in [1.82, 2.24) is 5.32 Å². The average Bonchev–Trinajstić information content (AvgIpc) is 3.19. The Kier molecular flexibility index (Phi) is 9.07. The van der Waals surface area contributed by atoms with Gasteiger partial charge in [0.25, 0.3) is 0 Å². The molecule has 0 aliphatic rings. The Hall–Kier alpha value is -2.38. The minimum absolute atomic E-state index is 0.104. The molecule has 2 rings (SSSR count). The maximum absolute atomic E-state index is 12.4. The van der Waals surface area contributed by atoms with Gasteiger partial charge in [0, 0.05) is 17.8 Å². The van der Waals surface area contributed by atoms with E-state index in [1.807, 2.05) is 70.3 Å². The fourth-order valence-electron chi connectivity index (χ4n) is 3.04. The number of ether oxygens (including phenoxy) is 3. The summed E-state index contributed by atoms with van der Waals surface area (Å²) >= 11 is 1.63. The van der Waals surface area contributed by atoms with Crippen LogP contribution in [0.3, 0.4) is 0 Å². The topological polar surface area (TPSA) is 73.9 Å². The summed E-state index contributed by atoms with van der Waals surface area (Å²) in [5.74, 6) is -0.369. The molecule has 0 saturated heterocycles. The van der Waals surface area contributed by atoms with Gasteiger partial charge in [0.2, 0.25) is 0 Å². The van der Waals surface area contributed by atoms with E-state index in [-0.39, 0.29) is 12.1 Å². The predicted octanol–water partition coefficient (Wildman–Crippen LogP) is 5.34. The average molecular weight is 448 g/mol. The number of esters is 1. The smallest absolute Gasteiger partial charge is 0.407 e. The highest BCUT2D eigenvalue weighted by Gasteiger charge is 2.23. The van der Waals surface area contributed by atoms with Gasteiger partial charge in [0.15, 0.2) is 6.10 Å². The number of hydrogen-bond acceptors (Lipinski definition) is 6. The van der Waals surface area contributed by atoms with Gasteiger partial charge in [-0.25, -0.2) is 9.59 Å². The zero-order chi connectivity index (χ0) is 23.0. The van der Waals surface area contributed by atoms with E-state index in [9.17, 15) is 9.59 Å². The SMILES string of the molecule is CCOC(=O)C(Cc1ccc(-c2cccs2)c(CNC(=O)OC(C)(C)C)c1)OC(C)C. The molecule has 1 unspecified atom stereocenters. The Balaban J connectivity index is 2.26. The Morgan fingerprint density at radius 3 is 2.48 bits per heavy atom. The van der Waals surface area contributed by atoms with Gasteiger partial charge in [-0.3, -0.25) is 0 Å². The molecular weight excluding hydrogens is 414 g/mol. The molecule has 0 aliphatic heterocycles. The van der Waals surface area contributed by atoms with Gasteiger partial charge in [-0.05, 0) is 69.7 Å². The molecule has 7 heteroatoms. The lowest BCUT2D eigenvalue weighted by atomic mass is 9.99. The highest BCUT2D eigenvalue weighted by atomic mass is 32.1. The van der Waals surface area contributed by atoms with E-state index >= 15 is 0 Å². The highest BCUT2D eigenvalue weighted by molar-refractivity contribution is 7.13. The van der Waals surface area contributed by atoms with Crippen molar-refractivity contribution in [2.75, 3.05) is 6.61 Å². The van der Waals surface area contributed by atoms with Gasteiger partial charge < -0.3 is 19.5 Å². The van der Waals surface area contributed by atoms with Gasteiger partial charge in [-0.2, -0.15) is 0 Å². The molecule has 170 valence electrons. The number of amides is 1. The molecule has 1 atom stereocenters. The minimum atomic E-state index is -0.681. The van der Waals surface area contributed by atoms with E-state index in [2.05, 4.69) is 5.32 Å². The number of rotatable bonds is 9. The molecule has 1 amide bonds. The summed E-state index contributed by atoms with van der Waals surface area (Å²) in [6, 6.07) is 10.0. The third-order valence-corrected chi connectivity index (χ3v) is 5.09. The van der Waals surface area contributed by atoms with Gasteiger partial charge in [-0.1, -0.05) is 24.3 Å². The van der Waals surface area contributed by atoms with Crippen molar-refractivity contribution in [3.05, 3.63) is 46.8 Å². The van der Waals surface area contributed by atoms with Crippen LogP contribution in [0.4, 0.5) is 4.79 Å². The van der Waals surface area contributed by atoms with E-state index < -0.39 is 17.8 Å². The van der Waals surface area contributed by atoms with E-state index in [1.165, 1.54) is 0 Å². The molecule has 0 spiro atoms. The second-order valence-corrected chi connectivity index (χ2v) is 9.40. The molecule has 0 bridgehead atoms. The minimum Gasteiger partial charge on any atom is -0.464 e. The molecule has 0 radical (unpaired) electrons. The fourth-order valence-corrected chi connectivity index (χ4v) is 3.83. The first-order valence-corrected chi connectivity index (χ1v) is 11.4. The van der Waals surface area contributed by atoms with Crippen molar-refractivity contribution in [1.29, 1.82) is 0 Å². The lowest BCUT2D eigenvalue weighted by Crippen LogP contribution is -2.32. The lowest BCUT2D eigenvalue weighted by molar-refractivity contribution is -0.159. The van der Waals surface area contributed by atoms with Crippen LogP contribution in [-0.2, 0) is 32.0 Å². The quantitative estimate of drug-likeness (QED) is 0.525. The molecule has 0 saturated carbocycles. The predicted molar refractivity (Wildman–Crippen MR) is 123 cm³/mol. The van der Waals surface area contributed by atoms with Gasteiger partial charge in [0.05, 0.1) is 12.7 Å². The van der Waals surface area contributed by atoms with Gasteiger partial charge in [-0.15, -0.1) is 11.3 Å². The highest BCUT2D eigenvalue weighted by Crippen LogP contribution is 2.29. The van der Waals surface area contributed by atoms with Crippen molar-refractivity contribution < 1.29 is 23.8 Å². The molecule has 0 aliphatic carbocycles. The maximum atomic E-state index is 12.4. The van der Waals surface area contributed by atoms with Crippen LogP contribution >= 0.6 is 11.3 Å². The number of benzene rings is 1. The Bertz CT molecular complexity index is 855. The summed E-state index contributed by atoms with van der Waals surface area (Å²) in [6.45, 7) is 11.7. The standard InChI is InChI=1S/C24H33NO5S/c1-7-28-22(26)20(29-16(2)3)14-17-10-11-19(21-9-8-12-31-21)18(13-17)15-25-23(27)30-24(4,5)6/h8-13,16,20H,7,14-15H2,1-6H3,(H,25,27). The van der Waals surface area contributed by atoms with Crippen LogP contribution in [0.5, 0.6) is 0 Å². The van der Waals surface area contributed by atoms with Crippen LogP contribution in [0.2, 0.25) is 0 Å². The second-order valence-electron chi connectivity index (χ2n) is 8.45. The summed E-state index contributed by atoms with van der Waals surface area (Å²) in [5, 5.41) is 4.85. The van der Waals surface area contributed by atoms with Crippen LogP contribution in [0.25, 0.3) is 10.4 Å². The molecule has 1 heterocycles. The third-order valence-electron chi connectivity index (χ3n) is 4.19. The molecule has 1 aromatic carbocycles. The molecular formula is C24H33NO5S. The number of carbonyl (C=O) groups excluding carboxylic acids is 2. The van der Waals surface area contributed by atoms with Crippen LogP contribution in [0, 0.1) is 0 Å². The summed E-state index contributed by atoms with van der Waals surface area (Å²) < 4.78 is 16.3. The zero-order valence-corrected chi connectivity index (χ0v) is 20.0. The summed E-state index contributed by atoms with van der Waals surface area (Å²) in [7, 11) is 0. The second kappa shape index (κ2) is 11.3. The number of nitrogens with one attached hydrogen (secondary N) is 1. The van der Waals surface area contributed by atoms with Crippen molar-refractivity contribution in [3.8, 4) is 10.4 Å². The zero-order valence-electron chi connectivity index (χ0n) is 19.2. The van der Waals surface area contributed by atoms with Crippen LogP contribution in [0.15, 0.2) is 35.7 Å². The van der Waals surface area contributed by atoms with E-state index in [4.69, 9.17) is 14.2 Å². The normalized spacial score (nSPS) is 12.5. The number of hydrogen-bond donors (Lipinski definition) is 1. The van der Waals surface area contributed by atoms with E-state index in [0.717, 1.165) is 21.6 Å². The summed E-state index contributed by atoms with van der Waals surface area (Å²) in [6.07, 6.45) is -0.865. The molecule has 2 aromatic rings. The lowest BCUT2D eigenvalue weighted by Gasteiger charge is -2.21. The first-order valence-electron chi connectivity index (χ1n) is 10.5.